The van der Waals surface area contributed by atoms with Crippen molar-refractivity contribution in [2.45, 2.75) is 12.8 Å². The van der Waals surface area contributed by atoms with E-state index in [-0.39, 0.29) is 0 Å². The Balaban J connectivity index is 3.68. The van der Waals surface area contributed by atoms with Crippen molar-refractivity contribution in [3.63, 3.8) is 0 Å². The number of rotatable bonds is 3. The van der Waals surface area contributed by atoms with E-state index in [1.807, 2.05) is 0 Å². The van der Waals surface area contributed by atoms with E-state index in [1.165, 1.54) is 0 Å². The lowest BCUT2D eigenvalue weighted by Gasteiger charge is -2.01. The second-order valence-electron chi connectivity index (χ2n) is 2.26. The number of carbonyl (C=O) groups is 4. The fourth-order valence-corrected chi connectivity index (χ4v) is 0.479. The van der Waals surface area contributed by atoms with Crippen LogP contribution >= 0.6 is 0 Å². The molecule has 0 aliphatic heterocycles. The summed E-state index contributed by atoms with van der Waals surface area (Å²) >= 11 is 0. The average Bonchev–Trinajstić information content (AvgIpc) is 2.39. The summed E-state index contributed by atoms with van der Waals surface area (Å²) < 4.78 is 0. The van der Waals surface area contributed by atoms with Crippen LogP contribution in [0.1, 0.15) is 12.8 Å². The first-order valence-electron chi connectivity index (χ1n) is 3.95. The van der Waals surface area contributed by atoms with Gasteiger partial charge in [-0.05, 0) is 0 Å². The molecule has 2 N–H and O–H groups in total. The molecule has 0 aliphatic rings. The van der Waals surface area contributed by atoms with Crippen molar-refractivity contribution in [3.8, 4) is 0 Å². The molecule has 0 radical (unpaired) electrons. The second kappa shape index (κ2) is 8.54. The molecule has 12 nitrogen and oxygen atoms in total. The van der Waals surface area contributed by atoms with Crippen molar-refractivity contribution in [1.29, 1.82) is 0 Å². The molecule has 0 saturated carbocycles. The van der Waals surface area contributed by atoms with E-state index in [1.54, 1.807) is 0 Å². The van der Waals surface area contributed by atoms with Crippen LogP contribution in [0, 0.1) is 0 Å². The Morgan fingerprint density at radius 2 is 1.00 bits per heavy atom. The fourth-order valence-electron chi connectivity index (χ4n) is 0.479. The van der Waals surface area contributed by atoms with Crippen LogP contribution in [0.4, 0.5) is 9.59 Å². The molecule has 0 heterocycles. The normalized spacial score (nSPS) is 8.78. The zero-order valence-electron chi connectivity index (χ0n) is 8.39. The Bertz CT molecular complexity index is 289. The largest absolute Gasteiger partial charge is 0.582 e. The minimum absolute atomic E-state index is 0.602. The van der Waals surface area contributed by atoms with Gasteiger partial charge in [0, 0.05) is 0 Å². The van der Waals surface area contributed by atoms with Crippen LogP contribution in [0.2, 0.25) is 0 Å². The molecule has 0 unspecified atom stereocenters. The van der Waals surface area contributed by atoms with Crippen molar-refractivity contribution >= 4 is 24.2 Å². The minimum atomic E-state index is -1.69. The maximum atomic E-state index is 10.7. The van der Waals surface area contributed by atoms with E-state index >= 15 is 0 Å². The molecular weight excluding hydrogens is 264 g/mol. The quantitative estimate of drug-likeness (QED) is 0.518. The van der Waals surface area contributed by atoms with Gasteiger partial charge >= 0.3 is 24.2 Å². The third-order valence-corrected chi connectivity index (χ3v) is 1.09. The summed E-state index contributed by atoms with van der Waals surface area (Å²) in [5.74, 6) is -2.36. The summed E-state index contributed by atoms with van der Waals surface area (Å²) in [6.45, 7) is 0. The number of carbonyl (C=O) groups excluding carboxylic acids is 4. The topological polar surface area (TPSA) is 164 Å². The Hall–Kier alpha value is -2.60. The highest BCUT2D eigenvalue weighted by atomic mass is 17.3. The van der Waals surface area contributed by atoms with Gasteiger partial charge in [-0.3, -0.25) is 9.78 Å². The van der Waals surface area contributed by atoms with Gasteiger partial charge in [0.15, 0.2) is 0 Å². The summed E-state index contributed by atoms with van der Waals surface area (Å²) in [7, 11) is 0. The molecule has 0 bridgehead atoms. The van der Waals surface area contributed by atoms with Gasteiger partial charge in [-0.15, -0.1) is 0 Å². The molecule has 0 rings (SSSR count). The Labute approximate surface area is 97.2 Å². The molecule has 0 atom stereocenters. The average molecular weight is 270 g/mol. The highest BCUT2D eigenvalue weighted by molar-refractivity contribution is 5.77. The molecule has 0 aromatic carbocycles. The van der Waals surface area contributed by atoms with Gasteiger partial charge in [0.1, 0.15) is 0 Å². The van der Waals surface area contributed by atoms with Gasteiger partial charge in [0.05, 0.1) is 12.8 Å². The van der Waals surface area contributed by atoms with Crippen LogP contribution in [-0.2, 0) is 38.9 Å². The maximum absolute atomic E-state index is 10.7. The van der Waals surface area contributed by atoms with E-state index in [2.05, 4.69) is 29.3 Å². The molecule has 0 fully saturated rings. The molecule has 0 spiro atoms. The summed E-state index contributed by atoms with van der Waals surface area (Å²) in [5, 5.41) is 15.4. The van der Waals surface area contributed by atoms with E-state index < -0.39 is 37.1 Å². The molecule has 0 amide bonds. The molecule has 0 aromatic rings. The third kappa shape index (κ3) is 7.66. The van der Waals surface area contributed by atoms with Gasteiger partial charge in [0.2, 0.25) is 0 Å². The van der Waals surface area contributed by atoms with Crippen LogP contribution < -0.4 is 0 Å². The van der Waals surface area contributed by atoms with Crippen molar-refractivity contribution < 1.29 is 59.0 Å². The van der Waals surface area contributed by atoms with Gasteiger partial charge < -0.3 is 0 Å². The second-order valence-corrected chi connectivity index (χ2v) is 2.26. The van der Waals surface area contributed by atoms with Crippen molar-refractivity contribution in [1.82, 2.24) is 0 Å². The first kappa shape index (κ1) is 15.4. The zero-order valence-corrected chi connectivity index (χ0v) is 8.39. The number of hydrogen-bond donors (Lipinski definition) is 2. The summed E-state index contributed by atoms with van der Waals surface area (Å²) in [4.78, 5) is 62.2. The molecule has 102 valence electrons. The van der Waals surface area contributed by atoms with Crippen molar-refractivity contribution in [2.24, 2.45) is 0 Å². The SMILES string of the molecule is O=C(CCC(=O)OOC(=O)OO)OOC(=O)OO. The standard InChI is InChI=1S/C6H6O12/c7-3(15-17-5(9)13-11)1-2-4(8)16-18-6(10)14-12/h11-12H,1-2H2. The summed E-state index contributed by atoms with van der Waals surface area (Å²) in [5.41, 5.74) is 0. The van der Waals surface area contributed by atoms with Crippen LogP contribution in [-0.4, -0.2) is 34.8 Å². The zero-order chi connectivity index (χ0) is 14.0. The minimum Gasteiger partial charge on any atom is -0.260 e. The van der Waals surface area contributed by atoms with Gasteiger partial charge in [-0.25, -0.2) is 29.1 Å². The van der Waals surface area contributed by atoms with E-state index in [4.69, 9.17) is 10.5 Å². The van der Waals surface area contributed by atoms with Crippen LogP contribution in [0.5, 0.6) is 0 Å². The first-order chi connectivity index (χ1) is 8.49. The predicted molar refractivity (Wildman–Crippen MR) is 41.8 cm³/mol. The van der Waals surface area contributed by atoms with E-state index in [9.17, 15) is 19.2 Å². The van der Waals surface area contributed by atoms with E-state index in [0.717, 1.165) is 0 Å². The lowest BCUT2D eigenvalue weighted by atomic mass is 10.3. The first-order valence-corrected chi connectivity index (χ1v) is 3.95. The molecule has 18 heavy (non-hydrogen) atoms. The highest BCUT2D eigenvalue weighted by Crippen LogP contribution is 1.98. The van der Waals surface area contributed by atoms with Crippen LogP contribution in [0.3, 0.4) is 0 Å². The Morgan fingerprint density at radius 3 is 1.28 bits per heavy atom. The monoisotopic (exact) mass is 270 g/mol. The molecule has 0 aliphatic carbocycles. The Kier molecular flexibility index (Phi) is 7.31. The summed E-state index contributed by atoms with van der Waals surface area (Å²) in [6.07, 6.45) is -4.59. The van der Waals surface area contributed by atoms with Gasteiger partial charge in [-0.1, -0.05) is 0 Å². The van der Waals surface area contributed by atoms with E-state index in [0.29, 0.717) is 0 Å². The number of hydrogen-bond acceptors (Lipinski definition) is 12. The lowest BCUT2D eigenvalue weighted by Crippen LogP contribution is -2.15. The molecule has 12 heteroatoms. The van der Waals surface area contributed by atoms with Crippen LogP contribution in [0.25, 0.3) is 0 Å². The fraction of sp³-hybridized carbons (Fsp3) is 0.333. The molecule has 0 aromatic heterocycles. The molecule has 0 saturated heterocycles. The Morgan fingerprint density at radius 1 is 0.667 bits per heavy atom. The van der Waals surface area contributed by atoms with Crippen molar-refractivity contribution in [3.05, 3.63) is 0 Å². The maximum Gasteiger partial charge on any atom is 0.582 e. The van der Waals surface area contributed by atoms with Gasteiger partial charge in [0.25, 0.3) is 0 Å². The highest BCUT2D eigenvalue weighted by Gasteiger charge is 2.15. The lowest BCUT2D eigenvalue weighted by molar-refractivity contribution is -0.287. The van der Waals surface area contributed by atoms with Crippen LogP contribution in [0.15, 0.2) is 0 Å². The van der Waals surface area contributed by atoms with Gasteiger partial charge in [-0.2, -0.15) is 20.1 Å². The predicted octanol–water partition coefficient (Wildman–Crippen LogP) is -0.0646. The third-order valence-electron chi connectivity index (χ3n) is 1.09. The summed E-state index contributed by atoms with van der Waals surface area (Å²) in [6, 6.07) is 0. The van der Waals surface area contributed by atoms with Crippen molar-refractivity contribution in [2.75, 3.05) is 0 Å². The smallest absolute Gasteiger partial charge is 0.260 e. The molecular formula is C6H6O12.